The molecule has 3 N–H and O–H groups in total. The minimum Gasteiger partial charge on any atom is -0.396 e. The first-order valence-electron chi connectivity index (χ1n) is 4.69. The van der Waals surface area contributed by atoms with Crippen LogP contribution in [-0.4, -0.2) is 4.98 Å². The van der Waals surface area contributed by atoms with Gasteiger partial charge in [0.15, 0.2) is 0 Å². The van der Waals surface area contributed by atoms with Gasteiger partial charge in [-0.1, -0.05) is 23.2 Å². The topological polar surface area (TPSA) is 50.9 Å². The van der Waals surface area contributed by atoms with E-state index in [4.69, 9.17) is 28.9 Å². The Bertz CT molecular complexity index is 560. The van der Waals surface area contributed by atoms with Gasteiger partial charge in [-0.3, -0.25) is 4.98 Å². The summed E-state index contributed by atoms with van der Waals surface area (Å²) in [5, 5.41) is 4.01. The molecule has 0 spiro atoms. The summed E-state index contributed by atoms with van der Waals surface area (Å²) in [6.45, 7) is 0. The fraction of sp³-hybridized carbons (Fsp3) is 0. The van der Waals surface area contributed by atoms with E-state index in [1.807, 2.05) is 12.1 Å². The maximum atomic E-state index is 6.12. The van der Waals surface area contributed by atoms with Crippen LogP contribution in [0, 0.1) is 0 Å². The zero-order valence-corrected chi connectivity index (χ0v) is 11.6. The molecule has 2 rings (SSSR count). The van der Waals surface area contributed by atoms with Gasteiger partial charge in [0.2, 0.25) is 0 Å². The molecule has 17 heavy (non-hydrogen) atoms. The molecule has 88 valence electrons. The number of nitrogens with zero attached hydrogens (tertiary/aromatic N) is 1. The molecule has 6 heteroatoms. The Hall–Kier alpha value is -0.970. The van der Waals surface area contributed by atoms with Crippen LogP contribution in [0.15, 0.2) is 35.1 Å². The Kier molecular flexibility index (Phi) is 3.76. The van der Waals surface area contributed by atoms with Crippen LogP contribution in [0.5, 0.6) is 0 Å². The third-order valence-corrected chi connectivity index (χ3v) is 3.93. The molecule has 0 aliphatic carbocycles. The summed E-state index contributed by atoms with van der Waals surface area (Å²) in [6.07, 6.45) is 3.21. The lowest BCUT2D eigenvalue weighted by atomic mass is 10.3. The molecule has 1 aromatic carbocycles. The van der Waals surface area contributed by atoms with Gasteiger partial charge in [-0.25, -0.2) is 0 Å². The van der Waals surface area contributed by atoms with Crippen molar-refractivity contribution in [2.75, 3.05) is 11.1 Å². The third-order valence-electron chi connectivity index (χ3n) is 2.16. The van der Waals surface area contributed by atoms with Gasteiger partial charge in [0.25, 0.3) is 0 Å². The third kappa shape index (κ3) is 2.65. The van der Waals surface area contributed by atoms with Crippen molar-refractivity contribution in [1.29, 1.82) is 0 Å². The number of benzene rings is 1. The number of halogens is 3. The van der Waals surface area contributed by atoms with E-state index in [9.17, 15) is 0 Å². The Labute approximate surface area is 117 Å². The van der Waals surface area contributed by atoms with Crippen LogP contribution in [0.2, 0.25) is 10.0 Å². The van der Waals surface area contributed by atoms with E-state index in [0.29, 0.717) is 21.4 Å². The fourth-order valence-corrected chi connectivity index (χ4v) is 2.11. The van der Waals surface area contributed by atoms with Crippen molar-refractivity contribution >= 4 is 56.2 Å². The first-order chi connectivity index (χ1) is 8.09. The van der Waals surface area contributed by atoms with E-state index in [1.165, 1.54) is 0 Å². The van der Waals surface area contributed by atoms with Gasteiger partial charge in [-0.2, -0.15) is 0 Å². The summed E-state index contributed by atoms with van der Waals surface area (Å²) >= 11 is 15.4. The van der Waals surface area contributed by atoms with E-state index in [-0.39, 0.29) is 0 Å². The van der Waals surface area contributed by atoms with Crippen LogP contribution in [0.3, 0.4) is 0 Å². The smallest absolute Gasteiger partial charge is 0.0838 e. The molecule has 0 atom stereocenters. The van der Waals surface area contributed by atoms with Crippen LogP contribution in [0.4, 0.5) is 17.1 Å². The SMILES string of the molecule is Nc1cnccc1Nc1ccc(Br)c(Cl)c1Cl. The first-order valence-corrected chi connectivity index (χ1v) is 6.24. The summed E-state index contributed by atoms with van der Waals surface area (Å²) < 4.78 is 0.748. The van der Waals surface area contributed by atoms with Crippen molar-refractivity contribution in [3.05, 3.63) is 45.1 Å². The van der Waals surface area contributed by atoms with Crippen LogP contribution in [0.25, 0.3) is 0 Å². The molecule has 3 nitrogen and oxygen atoms in total. The zero-order valence-electron chi connectivity index (χ0n) is 8.55. The number of nitrogens with two attached hydrogens (primary N) is 1. The van der Waals surface area contributed by atoms with Gasteiger partial charge in [0.05, 0.1) is 33.3 Å². The summed E-state index contributed by atoms with van der Waals surface area (Å²) in [5.74, 6) is 0. The van der Waals surface area contributed by atoms with Crippen molar-refractivity contribution in [3.63, 3.8) is 0 Å². The Balaban J connectivity index is 2.38. The number of pyridine rings is 1. The van der Waals surface area contributed by atoms with Gasteiger partial charge in [0, 0.05) is 10.7 Å². The predicted octanol–water partition coefficient (Wildman–Crippen LogP) is 4.48. The average Bonchev–Trinajstić information content (AvgIpc) is 2.32. The largest absolute Gasteiger partial charge is 0.396 e. The molecule has 0 radical (unpaired) electrons. The number of anilines is 3. The second kappa shape index (κ2) is 5.12. The fourth-order valence-electron chi connectivity index (χ4n) is 1.29. The molecule has 0 fully saturated rings. The van der Waals surface area contributed by atoms with Gasteiger partial charge in [0.1, 0.15) is 0 Å². The van der Waals surface area contributed by atoms with Crippen molar-refractivity contribution in [2.24, 2.45) is 0 Å². The normalized spacial score (nSPS) is 10.3. The van der Waals surface area contributed by atoms with Crippen molar-refractivity contribution in [2.45, 2.75) is 0 Å². The molecule has 2 aromatic rings. The molecule has 0 saturated heterocycles. The quantitative estimate of drug-likeness (QED) is 0.797. The summed E-state index contributed by atoms with van der Waals surface area (Å²) in [5.41, 5.74) is 7.75. The lowest BCUT2D eigenvalue weighted by molar-refractivity contribution is 1.33. The summed E-state index contributed by atoms with van der Waals surface area (Å²) in [4.78, 5) is 3.91. The molecule has 0 amide bonds. The highest BCUT2D eigenvalue weighted by Crippen LogP contribution is 2.37. The number of hydrogen-bond acceptors (Lipinski definition) is 3. The average molecular weight is 333 g/mol. The molecular formula is C11H8BrCl2N3. The van der Waals surface area contributed by atoms with Gasteiger partial charge in [-0.15, -0.1) is 0 Å². The highest BCUT2D eigenvalue weighted by atomic mass is 79.9. The molecule has 0 unspecified atom stereocenters. The maximum absolute atomic E-state index is 6.12. The van der Waals surface area contributed by atoms with Crippen molar-refractivity contribution in [3.8, 4) is 0 Å². The molecule has 0 aliphatic heterocycles. The lowest BCUT2D eigenvalue weighted by Crippen LogP contribution is -1.97. The zero-order chi connectivity index (χ0) is 12.4. The predicted molar refractivity (Wildman–Crippen MR) is 76.1 cm³/mol. The van der Waals surface area contributed by atoms with Gasteiger partial charge in [-0.05, 0) is 34.1 Å². The molecule has 0 saturated carbocycles. The monoisotopic (exact) mass is 331 g/mol. The number of nitrogens with one attached hydrogen (secondary N) is 1. The van der Waals surface area contributed by atoms with E-state index >= 15 is 0 Å². The highest BCUT2D eigenvalue weighted by Gasteiger charge is 2.09. The molecule has 1 aromatic heterocycles. The second-order valence-electron chi connectivity index (χ2n) is 3.31. The summed E-state index contributed by atoms with van der Waals surface area (Å²) in [6, 6.07) is 5.40. The lowest BCUT2D eigenvalue weighted by Gasteiger charge is -2.11. The Morgan fingerprint density at radius 1 is 1.12 bits per heavy atom. The molecular weight excluding hydrogens is 325 g/mol. The molecule has 0 aliphatic rings. The first kappa shape index (κ1) is 12.5. The minimum atomic E-state index is 0.442. The highest BCUT2D eigenvalue weighted by molar-refractivity contribution is 9.10. The van der Waals surface area contributed by atoms with E-state index in [1.54, 1.807) is 18.5 Å². The van der Waals surface area contributed by atoms with Crippen LogP contribution >= 0.6 is 39.1 Å². The number of rotatable bonds is 2. The summed E-state index contributed by atoms with van der Waals surface area (Å²) in [7, 11) is 0. The van der Waals surface area contributed by atoms with Crippen LogP contribution in [0.1, 0.15) is 0 Å². The molecule has 0 bridgehead atoms. The van der Waals surface area contributed by atoms with Gasteiger partial charge >= 0.3 is 0 Å². The van der Waals surface area contributed by atoms with Gasteiger partial charge < -0.3 is 11.1 Å². The maximum Gasteiger partial charge on any atom is 0.0838 e. The van der Waals surface area contributed by atoms with Crippen molar-refractivity contribution < 1.29 is 0 Å². The number of nitrogen functional groups attached to an aromatic ring is 1. The Morgan fingerprint density at radius 3 is 2.59 bits per heavy atom. The van der Waals surface area contributed by atoms with E-state index < -0.39 is 0 Å². The molecule has 1 heterocycles. The second-order valence-corrected chi connectivity index (χ2v) is 4.92. The Morgan fingerprint density at radius 2 is 1.88 bits per heavy atom. The van der Waals surface area contributed by atoms with Crippen molar-refractivity contribution in [1.82, 2.24) is 4.98 Å². The number of hydrogen-bond donors (Lipinski definition) is 2. The van der Waals surface area contributed by atoms with E-state index in [2.05, 4.69) is 26.2 Å². The number of aromatic nitrogens is 1. The van der Waals surface area contributed by atoms with Crippen LogP contribution < -0.4 is 11.1 Å². The van der Waals surface area contributed by atoms with Crippen LogP contribution in [-0.2, 0) is 0 Å². The standard InChI is InChI=1S/C11H8BrCl2N3/c12-6-1-2-9(11(14)10(6)13)17-8-3-4-16-5-7(8)15/h1-5H,15H2,(H,16,17). The minimum absolute atomic E-state index is 0.442. The van der Waals surface area contributed by atoms with E-state index in [0.717, 1.165) is 10.2 Å².